The predicted octanol–water partition coefficient (Wildman–Crippen LogP) is 4.34. The number of fused-ring (bicyclic) bond motifs is 1. The van der Waals surface area contributed by atoms with E-state index < -0.39 is 0 Å². The number of nitrogens with one attached hydrogen (secondary N) is 3. The molecule has 1 saturated carbocycles. The van der Waals surface area contributed by atoms with Crippen molar-refractivity contribution in [2.24, 2.45) is 7.05 Å². The van der Waals surface area contributed by atoms with Gasteiger partial charge in [-0.3, -0.25) is 4.68 Å². The van der Waals surface area contributed by atoms with Crippen LogP contribution >= 0.6 is 0 Å². The van der Waals surface area contributed by atoms with Crippen molar-refractivity contribution in [3.05, 3.63) is 42.4 Å². The van der Waals surface area contributed by atoms with Crippen molar-refractivity contribution in [1.29, 1.82) is 5.26 Å². The molecular formula is C23H24N8O. The molecule has 0 aliphatic heterocycles. The summed E-state index contributed by atoms with van der Waals surface area (Å²) in [6, 6.07) is 8.48. The molecule has 1 fully saturated rings. The second kappa shape index (κ2) is 8.23. The Morgan fingerprint density at radius 2 is 2.06 bits per heavy atom. The van der Waals surface area contributed by atoms with Crippen LogP contribution in [0.15, 0.2) is 36.8 Å². The van der Waals surface area contributed by atoms with E-state index in [1.165, 1.54) is 12.8 Å². The van der Waals surface area contributed by atoms with Crippen molar-refractivity contribution in [3.8, 4) is 22.9 Å². The number of nitriles is 1. The number of hydrogen-bond donors (Lipinski definition) is 3. The van der Waals surface area contributed by atoms with Crippen molar-refractivity contribution in [3.63, 3.8) is 0 Å². The number of rotatable bonds is 6. The lowest BCUT2D eigenvalue weighted by atomic mass is 10.1. The molecule has 4 aromatic rings. The van der Waals surface area contributed by atoms with Crippen LogP contribution in [0.5, 0.6) is 5.75 Å². The highest BCUT2D eigenvalue weighted by molar-refractivity contribution is 5.93. The summed E-state index contributed by atoms with van der Waals surface area (Å²) in [4.78, 5) is 12.4. The monoisotopic (exact) mass is 428 g/mol. The third-order valence-electron chi connectivity index (χ3n) is 5.83. The minimum Gasteiger partial charge on any atom is -0.495 e. The van der Waals surface area contributed by atoms with Gasteiger partial charge in [0, 0.05) is 31.0 Å². The molecule has 3 heterocycles. The van der Waals surface area contributed by atoms with Gasteiger partial charge in [-0.25, -0.2) is 0 Å². The first-order valence-electron chi connectivity index (χ1n) is 10.6. The highest BCUT2D eigenvalue weighted by Gasteiger charge is 2.20. The number of nitrogens with zero attached hydrogens (tertiary/aromatic N) is 5. The van der Waals surface area contributed by atoms with Crippen LogP contribution in [0.25, 0.3) is 22.2 Å². The second-order valence-corrected chi connectivity index (χ2v) is 8.00. The Kier molecular flexibility index (Phi) is 5.11. The van der Waals surface area contributed by atoms with Gasteiger partial charge in [-0.05, 0) is 30.5 Å². The van der Waals surface area contributed by atoms with Gasteiger partial charge in [0.15, 0.2) is 0 Å². The van der Waals surface area contributed by atoms with Gasteiger partial charge in [0.25, 0.3) is 0 Å². The zero-order chi connectivity index (χ0) is 22.1. The molecule has 0 spiro atoms. The van der Waals surface area contributed by atoms with Gasteiger partial charge < -0.3 is 20.4 Å². The van der Waals surface area contributed by atoms with Gasteiger partial charge in [0.2, 0.25) is 5.95 Å². The third kappa shape index (κ3) is 3.71. The summed E-state index contributed by atoms with van der Waals surface area (Å²) < 4.78 is 7.39. The maximum Gasteiger partial charge on any atom is 0.231 e. The number of H-pyrrole nitrogens is 1. The van der Waals surface area contributed by atoms with E-state index in [1.807, 2.05) is 37.6 Å². The number of methoxy groups -OCH3 is 1. The molecule has 0 atom stereocenters. The van der Waals surface area contributed by atoms with Crippen LogP contribution in [0.4, 0.5) is 17.5 Å². The lowest BCUT2D eigenvalue weighted by Crippen LogP contribution is -2.16. The first kappa shape index (κ1) is 19.9. The Morgan fingerprint density at radius 3 is 2.78 bits per heavy atom. The number of anilines is 3. The fraction of sp³-hybridized carbons (Fsp3) is 0.304. The zero-order valence-corrected chi connectivity index (χ0v) is 18.0. The molecule has 0 unspecified atom stereocenters. The lowest BCUT2D eigenvalue weighted by molar-refractivity contribution is 0.417. The molecular weight excluding hydrogens is 404 g/mol. The first-order chi connectivity index (χ1) is 15.6. The summed E-state index contributed by atoms with van der Waals surface area (Å²) in [5.41, 5.74) is 3.91. The molecule has 0 bridgehead atoms. The molecule has 9 nitrogen and oxygen atoms in total. The summed E-state index contributed by atoms with van der Waals surface area (Å²) in [5, 5.41) is 21.3. The van der Waals surface area contributed by atoms with Crippen LogP contribution in [0.1, 0.15) is 31.2 Å². The Bertz CT molecular complexity index is 1310. The number of aromatic amines is 1. The van der Waals surface area contributed by atoms with Gasteiger partial charge in [0.05, 0.1) is 29.9 Å². The molecule has 0 saturated heterocycles. The minimum absolute atomic E-state index is 0.357. The largest absolute Gasteiger partial charge is 0.495 e. The summed E-state index contributed by atoms with van der Waals surface area (Å²) in [6.07, 6.45) is 10.1. The number of benzene rings is 1. The Labute approximate surface area is 185 Å². The first-order valence-corrected chi connectivity index (χ1v) is 10.6. The number of hydrogen-bond acceptors (Lipinski definition) is 7. The SMILES string of the molecule is COc1cc(-c2cnn(C)c2)ccc1Nc1nc(NC2CCCC2)c2c(C#N)c[nH]c2n1. The fourth-order valence-corrected chi connectivity index (χ4v) is 4.21. The summed E-state index contributed by atoms with van der Waals surface area (Å²) in [7, 11) is 3.52. The zero-order valence-electron chi connectivity index (χ0n) is 18.0. The lowest BCUT2D eigenvalue weighted by Gasteiger charge is -2.16. The van der Waals surface area contributed by atoms with Gasteiger partial charge in [-0.1, -0.05) is 18.9 Å². The van der Waals surface area contributed by atoms with E-state index in [0.717, 1.165) is 35.0 Å². The van der Waals surface area contributed by atoms with Gasteiger partial charge in [-0.2, -0.15) is 20.3 Å². The van der Waals surface area contributed by atoms with Gasteiger partial charge >= 0.3 is 0 Å². The smallest absolute Gasteiger partial charge is 0.231 e. The van der Waals surface area contributed by atoms with Crippen LogP contribution < -0.4 is 15.4 Å². The molecule has 9 heteroatoms. The standard InChI is InChI=1S/C23H24N8O/c1-31-13-16(12-26-31)14-7-8-18(19(9-14)32-2)28-23-29-21-20(15(10-24)11-25-21)22(30-23)27-17-5-3-4-6-17/h7-9,11-13,17H,3-6H2,1-2H3,(H3,25,27,28,29,30). The van der Waals surface area contributed by atoms with Crippen LogP contribution in [0.3, 0.4) is 0 Å². The average molecular weight is 429 g/mol. The molecule has 162 valence electrons. The highest BCUT2D eigenvalue weighted by atomic mass is 16.5. The Hall–Kier alpha value is -4.06. The van der Waals surface area contributed by atoms with E-state index in [2.05, 4.69) is 31.8 Å². The summed E-state index contributed by atoms with van der Waals surface area (Å²) in [5.74, 6) is 1.77. The summed E-state index contributed by atoms with van der Waals surface area (Å²) >= 11 is 0. The van der Waals surface area contributed by atoms with Crippen LogP contribution in [0.2, 0.25) is 0 Å². The topological polar surface area (TPSA) is 116 Å². The van der Waals surface area contributed by atoms with Gasteiger partial charge in [-0.15, -0.1) is 0 Å². The number of ether oxygens (including phenoxy) is 1. The van der Waals surface area contributed by atoms with Crippen molar-refractivity contribution in [2.45, 2.75) is 31.7 Å². The Morgan fingerprint density at radius 1 is 1.22 bits per heavy atom. The molecule has 5 rings (SSSR count). The van der Waals surface area contributed by atoms with E-state index in [1.54, 1.807) is 18.0 Å². The molecule has 32 heavy (non-hydrogen) atoms. The van der Waals surface area contributed by atoms with E-state index in [0.29, 0.717) is 34.8 Å². The van der Waals surface area contributed by atoms with Crippen molar-refractivity contribution >= 4 is 28.5 Å². The Balaban J connectivity index is 1.50. The molecule has 1 aromatic carbocycles. The normalized spacial score (nSPS) is 13.9. The van der Waals surface area contributed by atoms with Gasteiger partial charge in [0.1, 0.15) is 23.3 Å². The maximum absolute atomic E-state index is 9.51. The van der Waals surface area contributed by atoms with Crippen molar-refractivity contribution in [2.75, 3.05) is 17.7 Å². The molecule has 0 amide bonds. The fourth-order valence-electron chi connectivity index (χ4n) is 4.21. The van der Waals surface area contributed by atoms with Crippen LogP contribution in [-0.4, -0.2) is 37.9 Å². The summed E-state index contributed by atoms with van der Waals surface area (Å²) in [6.45, 7) is 0. The molecule has 1 aliphatic carbocycles. The van der Waals surface area contributed by atoms with Crippen molar-refractivity contribution < 1.29 is 4.74 Å². The van der Waals surface area contributed by atoms with E-state index >= 15 is 0 Å². The average Bonchev–Trinajstić information content (AvgIpc) is 3.55. The molecule has 3 aromatic heterocycles. The predicted molar refractivity (Wildman–Crippen MR) is 123 cm³/mol. The van der Waals surface area contributed by atoms with E-state index in [4.69, 9.17) is 9.72 Å². The number of aryl methyl sites for hydroxylation is 1. The maximum atomic E-state index is 9.51. The highest BCUT2D eigenvalue weighted by Crippen LogP contribution is 2.34. The van der Waals surface area contributed by atoms with E-state index in [-0.39, 0.29) is 0 Å². The molecule has 1 aliphatic rings. The number of aromatic nitrogens is 5. The third-order valence-corrected chi connectivity index (χ3v) is 5.83. The van der Waals surface area contributed by atoms with Crippen molar-refractivity contribution in [1.82, 2.24) is 24.7 Å². The molecule has 3 N–H and O–H groups in total. The van der Waals surface area contributed by atoms with Crippen LogP contribution in [0, 0.1) is 11.3 Å². The van der Waals surface area contributed by atoms with E-state index in [9.17, 15) is 5.26 Å². The molecule has 0 radical (unpaired) electrons. The second-order valence-electron chi connectivity index (χ2n) is 8.00. The van der Waals surface area contributed by atoms with Crippen LogP contribution in [-0.2, 0) is 7.05 Å². The quantitative estimate of drug-likeness (QED) is 0.418. The minimum atomic E-state index is 0.357.